The molecule has 3 aromatic rings. The van der Waals surface area contributed by atoms with Crippen molar-refractivity contribution < 1.29 is 49.9 Å². The molecule has 0 radical (unpaired) electrons. The van der Waals surface area contributed by atoms with Crippen molar-refractivity contribution >= 4 is 27.5 Å². The van der Waals surface area contributed by atoms with Crippen LogP contribution in [0.15, 0.2) is 41.4 Å². The van der Waals surface area contributed by atoms with Crippen LogP contribution < -0.4 is 10.4 Å². The number of phenolic OH excluding ortho intramolecular Hbond substituents is 1. The minimum Gasteiger partial charge on any atom is -0.507 e. The molecule has 1 aliphatic heterocycles. The third-order valence-corrected chi connectivity index (χ3v) is 10.2. The number of hydroxylamine groups is 1. The summed E-state index contributed by atoms with van der Waals surface area (Å²) in [5, 5.41) is 10.6. The second kappa shape index (κ2) is 13.3. The van der Waals surface area contributed by atoms with Crippen molar-refractivity contribution in [2.45, 2.75) is 61.9 Å². The predicted molar refractivity (Wildman–Crippen MR) is 152 cm³/mol. The topological polar surface area (TPSA) is 129 Å². The maximum Gasteiger partial charge on any atom is 0.278 e. The molecule has 246 valence electrons. The lowest BCUT2D eigenvalue weighted by molar-refractivity contribution is -0.125. The second-order valence-corrected chi connectivity index (χ2v) is 12.8. The Balaban J connectivity index is 1.49. The molecule has 2 heterocycles. The first kappa shape index (κ1) is 33.2. The number of hydrogen-bond acceptors (Lipinski definition) is 7. The fraction of sp³-hybridized carbons (Fsp3) is 0.367. The van der Waals surface area contributed by atoms with E-state index in [4.69, 9.17) is 0 Å². The number of halogens is 5. The van der Waals surface area contributed by atoms with Crippen molar-refractivity contribution in [3.63, 3.8) is 0 Å². The first-order chi connectivity index (χ1) is 21.9. The minimum absolute atomic E-state index is 0.00453. The van der Waals surface area contributed by atoms with E-state index >= 15 is 0 Å². The third kappa shape index (κ3) is 6.16. The Bertz CT molecular complexity index is 1740. The van der Waals surface area contributed by atoms with Crippen LogP contribution in [0.25, 0.3) is 0 Å². The van der Waals surface area contributed by atoms with Crippen molar-refractivity contribution in [1.82, 2.24) is 14.8 Å². The Labute approximate surface area is 260 Å². The zero-order chi connectivity index (χ0) is 33.3. The molecular weight excluding hydrogens is 639 g/mol. The molecule has 1 aromatic heterocycles. The van der Waals surface area contributed by atoms with Gasteiger partial charge in [0.25, 0.3) is 5.91 Å². The highest BCUT2D eigenvalue weighted by Gasteiger charge is 2.48. The molecule has 2 amide bonds. The maximum absolute atomic E-state index is 14.5. The van der Waals surface area contributed by atoms with Crippen LogP contribution >= 0.6 is 0 Å². The number of benzene rings is 2. The normalized spacial score (nSPS) is 17.4. The van der Waals surface area contributed by atoms with E-state index in [0.717, 1.165) is 48.6 Å². The number of amides is 2. The van der Waals surface area contributed by atoms with Crippen molar-refractivity contribution in [3.05, 3.63) is 82.4 Å². The lowest BCUT2D eigenvalue weighted by Crippen LogP contribution is -2.59. The quantitative estimate of drug-likeness (QED) is 0.145. The molecule has 0 bridgehead atoms. The lowest BCUT2D eigenvalue weighted by Gasteiger charge is -2.41. The second-order valence-electron chi connectivity index (χ2n) is 11.0. The van der Waals surface area contributed by atoms with Gasteiger partial charge in [-0.2, -0.15) is 4.31 Å². The van der Waals surface area contributed by atoms with Crippen LogP contribution in [0.1, 0.15) is 66.1 Å². The van der Waals surface area contributed by atoms with Crippen LogP contribution in [0.4, 0.5) is 27.6 Å². The highest BCUT2D eigenvalue weighted by molar-refractivity contribution is 7.89. The third-order valence-electron chi connectivity index (χ3n) is 8.23. The molecule has 0 spiro atoms. The Morgan fingerprint density at radius 3 is 2.17 bits per heavy atom. The van der Waals surface area contributed by atoms with Gasteiger partial charge in [0.2, 0.25) is 21.7 Å². The summed E-state index contributed by atoms with van der Waals surface area (Å²) in [6.07, 6.45) is 6.93. The molecule has 5 rings (SSSR count). The number of carbonyl (C=O) groups is 2. The van der Waals surface area contributed by atoms with Crippen LogP contribution in [-0.4, -0.2) is 54.3 Å². The number of sulfonamides is 1. The predicted octanol–water partition coefficient (Wildman–Crippen LogP) is 4.82. The maximum atomic E-state index is 14.5. The van der Waals surface area contributed by atoms with Crippen LogP contribution in [0.2, 0.25) is 0 Å². The molecule has 1 aliphatic carbocycles. The minimum atomic E-state index is -5.40. The monoisotopic (exact) mass is 668 g/mol. The van der Waals surface area contributed by atoms with Gasteiger partial charge in [-0.15, -0.1) is 0 Å². The van der Waals surface area contributed by atoms with E-state index in [-0.39, 0.29) is 24.2 Å². The van der Waals surface area contributed by atoms with Crippen LogP contribution in [-0.2, 0) is 26.2 Å². The molecular formula is C30H29F5N4O6S. The SMILES string of the molecule is CONC(=O)c1ccc(N(Cc2ccc(C3CCCCC3)cn2)C(=O)[C@H]2CCN2S(=O)(=O)c2c(F)c(F)c(F)c(F)c2F)cc1O. The van der Waals surface area contributed by atoms with Crippen molar-refractivity contribution in [2.24, 2.45) is 0 Å². The van der Waals surface area contributed by atoms with Gasteiger partial charge >= 0.3 is 0 Å². The van der Waals surface area contributed by atoms with Gasteiger partial charge < -0.3 is 10.0 Å². The fourth-order valence-electron chi connectivity index (χ4n) is 5.70. The highest BCUT2D eigenvalue weighted by Crippen LogP contribution is 2.36. The van der Waals surface area contributed by atoms with Gasteiger partial charge in [-0.3, -0.25) is 19.4 Å². The van der Waals surface area contributed by atoms with Gasteiger partial charge in [0.05, 0.1) is 24.9 Å². The van der Waals surface area contributed by atoms with E-state index in [1.165, 1.54) is 19.2 Å². The molecule has 1 saturated carbocycles. The fourth-order valence-corrected chi connectivity index (χ4v) is 7.44. The summed E-state index contributed by atoms with van der Waals surface area (Å²) >= 11 is 0. The number of carbonyl (C=O) groups excluding carboxylic acids is 2. The van der Waals surface area contributed by atoms with Gasteiger partial charge in [-0.1, -0.05) is 25.3 Å². The van der Waals surface area contributed by atoms with Gasteiger partial charge in [-0.25, -0.2) is 35.8 Å². The van der Waals surface area contributed by atoms with Crippen molar-refractivity contribution in [3.8, 4) is 5.75 Å². The molecule has 10 nitrogen and oxygen atoms in total. The van der Waals surface area contributed by atoms with E-state index in [9.17, 15) is 45.1 Å². The summed E-state index contributed by atoms with van der Waals surface area (Å²) in [5.41, 5.74) is 3.20. The molecule has 16 heteroatoms. The standard InChI is InChI=1S/C30H29F5N4O6S/c1-45-37-29(41)20-10-9-19(13-22(20)40)38(15-18-8-7-17(14-36-18)16-5-3-2-4-6-16)30(42)21-11-12-39(21)46(43,44)28-26(34)24(32)23(31)25(33)27(28)35/h7-10,13-14,16,21,40H,2-6,11-12,15H2,1H3,(H,37,41)/t21-/m1/s1. The first-order valence-electron chi connectivity index (χ1n) is 14.3. The number of aromatic nitrogens is 1. The number of aromatic hydroxyl groups is 1. The lowest BCUT2D eigenvalue weighted by atomic mass is 9.85. The number of nitrogens with zero attached hydrogens (tertiary/aromatic N) is 3. The summed E-state index contributed by atoms with van der Waals surface area (Å²) in [6, 6.07) is 5.50. The van der Waals surface area contributed by atoms with E-state index < -0.39 is 74.2 Å². The van der Waals surface area contributed by atoms with E-state index in [2.05, 4.69) is 9.82 Å². The largest absolute Gasteiger partial charge is 0.507 e. The smallest absolute Gasteiger partial charge is 0.278 e. The van der Waals surface area contributed by atoms with Crippen LogP contribution in [0, 0.1) is 29.1 Å². The molecule has 2 N–H and O–H groups in total. The molecule has 1 atom stereocenters. The number of pyridine rings is 1. The summed E-state index contributed by atoms with van der Waals surface area (Å²) in [5.74, 6) is -14.5. The number of phenols is 1. The van der Waals surface area contributed by atoms with Gasteiger partial charge in [0, 0.05) is 24.5 Å². The van der Waals surface area contributed by atoms with Crippen LogP contribution in [0.5, 0.6) is 5.75 Å². The van der Waals surface area contributed by atoms with Gasteiger partial charge in [-0.05, 0) is 48.9 Å². The summed E-state index contributed by atoms with van der Waals surface area (Å²) in [7, 11) is -4.22. The van der Waals surface area contributed by atoms with Crippen LogP contribution in [0.3, 0.4) is 0 Å². The summed E-state index contributed by atoms with van der Waals surface area (Å²) in [4.78, 5) is 34.2. The zero-order valence-electron chi connectivity index (χ0n) is 24.4. The molecule has 1 saturated heterocycles. The Morgan fingerprint density at radius 2 is 1.63 bits per heavy atom. The van der Waals surface area contributed by atoms with E-state index in [0.29, 0.717) is 15.9 Å². The molecule has 46 heavy (non-hydrogen) atoms. The Kier molecular flexibility index (Phi) is 9.60. The Hall–Kier alpha value is -4.15. The van der Waals surface area contributed by atoms with Crippen molar-refractivity contribution in [1.29, 1.82) is 0 Å². The zero-order valence-corrected chi connectivity index (χ0v) is 25.2. The van der Waals surface area contributed by atoms with Crippen molar-refractivity contribution in [2.75, 3.05) is 18.6 Å². The highest BCUT2D eigenvalue weighted by atomic mass is 32.2. The average molecular weight is 669 g/mol. The number of rotatable bonds is 9. The van der Waals surface area contributed by atoms with Gasteiger partial charge in [0.15, 0.2) is 28.2 Å². The summed E-state index contributed by atoms with van der Waals surface area (Å²) in [6.45, 7) is -0.721. The average Bonchev–Trinajstić information content (AvgIpc) is 3.01. The molecule has 2 aromatic carbocycles. The van der Waals surface area contributed by atoms with E-state index in [1.54, 1.807) is 12.3 Å². The summed E-state index contributed by atoms with van der Waals surface area (Å²) < 4.78 is 97.3. The first-order valence-corrected chi connectivity index (χ1v) is 15.8. The Morgan fingerprint density at radius 1 is 0.978 bits per heavy atom. The molecule has 2 fully saturated rings. The number of nitrogens with one attached hydrogen (secondary N) is 1. The molecule has 0 unspecified atom stereocenters. The van der Waals surface area contributed by atoms with Gasteiger partial charge in [0.1, 0.15) is 11.8 Å². The number of hydrogen-bond donors (Lipinski definition) is 2. The number of anilines is 1. The van der Waals surface area contributed by atoms with E-state index in [1.807, 2.05) is 11.5 Å². The molecule has 2 aliphatic rings.